The topological polar surface area (TPSA) is 109 Å². The Bertz CT molecular complexity index is 1530. The zero-order valence-corrected chi connectivity index (χ0v) is 26.2. The summed E-state index contributed by atoms with van der Waals surface area (Å²) in [6.07, 6.45) is 4.37. The number of nitrogens with zero attached hydrogens (tertiary/aromatic N) is 8. The number of aromatic nitrogens is 2. The zero-order valence-electron chi connectivity index (χ0n) is 26.2. The first-order chi connectivity index (χ1) is 21.7. The number of anilines is 2. The van der Waals surface area contributed by atoms with Crippen molar-refractivity contribution in [3.63, 3.8) is 0 Å². The van der Waals surface area contributed by atoms with Gasteiger partial charge in [0.15, 0.2) is 5.83 Å². The van der Waals surface area contributed by atoms with Gasteiger partial charge in [0.25, 0.3) is 11.8 Å². The average Bonchev–Trinajstić information content (AvgIpc) is 3.33. The number of rotatable bonds is 7. The molecule has 1 aromatic carbocycles. The summed E-state index contributed by atoms with van der Waals surface area (Å²) in [5.74, 6) is -1.02. The van der Waals surface area contributed by atoms with Crippen molar-refractivity contribution < 1.29 is 18.7 Å². The van der Waals surface area contributed by atoms with Crippen LogP contribution in [0.25, 0.3) is 0 Å². The van der Waals surface area contributed by atoms with Gasteiger partial charge < -0.3 is 29.2 Å². The molecular weight excluding hydrogens is 575 g/mol. The van der Waals surface area contributed by atoms with E-state index in [1.54, 1.807) is 4.90 Å². The number of piperazine rings is 1. The molecule has 11 nitrogen and oxygen atoms in total. The first-order valence-electron chi connectivity index (χ1n) is 15.9. The molecule has 0 unspecified atom stereocenters. The van der Waals surface area contributed by atoms with E-state index in [4.69, 9.17) is 14.7 Å². The van der Waals surface area contributed by atoms with Crippen molar-refractivity contribution in [3.05, 3.63) is 53.0 Å². The Morgan fingerprint density at radius 3 is 2.64 bits per heavy atom. The number of nitriles is 1. The van der Waals surface area contributed by atoms with Gasteiger partial charge >= 0.3 is 6.01 Å². The highest BCUT2D eigenvalue weighted by molar-refractivity contribution is 6.02. The van der Waals surface area contributed by atoms with Crippen molar-refractivity contribution >= 4 is 23.3 Å². The minimum Gasteiger partial charge on any atom is -0.462 e. The second-order valence-electron chi connectivity index (χ2n) is 12.5. The van der Waals surface area contributed by atoms with Gasteiger partial charge in [0.2, 0.25) is 0 Å². The fourth-order valence-electron chi connectivity index (χ4n) is 7.12. The highest BCUT2D eigenvalue weighted by Gasteiger charge is 2.35. The minimum absolute atomic E-state index is 0.0496. The number of benzene rings is 1. The minimum atomic E-state index is -1.03. The fraction of sp³-hybridized carbons (Fsp3) is 0.545. The molecule has 0 spiro atoms. The van der Waals surface area contributed by atoms with Crippen molar-refractivity contribution in [3.8, 4) is 12.1 Å². The van der Waals surface area contributed by atoms with Crippen LogP contribution in [-0.2, 0) is 24.1 Å². The van der Waals surface area contributed by atoms with Crippen LogP contribution in [0.4, 0.5) is 15.9 Å². The number of carbonyl (C=O) groups excluding carboxylic acids is 2. The summed E-state index contributed by atoms with van der Waals surface area (Å²) >= 11 is 0. The van der Waals surface area contributed by atoms with E-state index in [0.29, 0.717) is 64.2 Å². The van der Waals surface area contributed by atoms with Gasteiger partial charge in [-0.05, 0) is 50.9 Å². The third-order valence-electron chi connectivity index (χ3n) is 9.73. The van der Waals surface area contributed by atoms with Crippen LogP contribution in [0.1, 0.15) is 46.4 Å². The number of likely N-dealkylation sites (N-methyl/N-ethyl adjacent to an activating group) is 2. The Balaban J connectivity index is 1.31. The lowest BCUT2D eigenvalue weighted by atomic mass is 9.96. The van der Waals surface area contributed by atoms with Crippen LogP contribution < -0.4 is 14.5 Å². The van der Waals surface area contributed by atoms with E-state index in [1.807, 2.05) is 25.2 Å². The predicted octanol–water partition coefficient (Wildman–Crippen LogP) is 2.60. The number of halogens is 1. The van der Waals surface area contributed by atoms with Crippen molar-refractivity contribution in [2.24, 2.45) is 0 Å². The molecule has 2 atom stereocenters. The van der Waals surface area contributed by atoms with Crippen LogP contribution in [-0.4, -0.2) is 115 Å². The maximum atomic E-state index is 13.9. The Morgan fingerprint density at radius 1 is 1.07 bits per heavy atom. The SMILES string of the molecule is C=C(F)C(=O)N1CCN(c2nc(OC[C@@H]3CCCN3C)nc3c2CCN(c2cccc4c2C(=O)N(C)CC4)CC3)C[C@@H]1CC#N. The van der Waals surface area contributed by atoms with Gasteiger partial charge in [0.1, 0.15) is 12.4 Å². The zero-order chi connectivity index (χ0) is 31.7. The maximum absolute atomic E-state index is 13.9. The molecule has 2 aromatic rings. The number of amides is 2. The van der Waals surface area contributed by atoms with Crippen LogP contribution in [0.3, 0.4) is 0 Å². The van der Waals surface area contributed by atoms with E-state index >= 15 is 0 Å². The summed E-state index contributed by atoms with van der Waals surface area (Å²) in [5.41, 5.74) is 4.71. The molecule has 6 rings (SSSR count). The molecule has 0 bridgehead atoms. The van der Waals surface area contributed by atoms with Gasteiger partial charge in [-0.2, -0.15) is 15.2 Å². The van der Waals surface area contributed by atoms with Gasteiger partial charge in [0.05, 0.1) is 29.8 Å². The number of ether oxygens (including phenoxy) is 1. The van der Waals surface area contributed by atoms with Crippen LogP contribution >= 0.6 is 0 Å². The number of carbonyl (C=O) groups is 2. The van der Waals surface area contributed by atoms with E-state index in [1.165, 1.54) is 4.90 Å². The highest BCUT2D eigenvalue weighted by Crippen LogP contribution is 2.34. The van der Waals surface area contributed by atoms with Crippen LogP contribution in [0, 0.1) is 11.3 Å². The van der Waals surface area contributed by atoms with Gasteiger partial charge in [0, 0.05) is 70.0 Å². The van der Waals surface area contributed by atoms with Gasteiger partial charge in [-0.25, -0.2) is 4.39 Å². The number of likely N-dealkylation sites (tertiary alicyclic amines) is 1. The Morgan fingerprint density at radius 2 is 1.89 bits per heavy atom. The molecule has 0 aliphatic carbocycles. The van der Waals surface area contributed by atoms with Crippen molar-refractivity contribution in [1.82, 2.24) is 24.7 Å². The van der Waals surface area contributed by atoms with Crippen LogP contribution in [0.15, 0.2) is 30.6 Å². The lowest BCUT2D eigenvalue weighted by Gasteiger charge is -2.41. The maximum Gasteiger partial charge on any atom is 0.318 e. The first kappa shape index (κ1) is 30.8. The smallest absolute Gasteiger partial charge is 0.318 e. The quantitative estimate of drug-likeness (QED) is 0.434. The molecule has 1 aromatic heterocycles. The molecule has 2 saturated heterocycles. The summed E-state index contributed by atoms with van der Waals surface area (Å²) in [6.45, 7) is 7.78. The molecule has 12 heteroatoms. The molecule has 5 heterocycles. The van der Waals surface area contributed by atoms with E-state index in [0.717, 1.165) is 59.7 Å². The lowest BCUT2D eigenvalue weighted by Crippen LogP contribution is -2.55. The van der Waals surface area contributed by atoms with Gasteiger partial charge in [-0.15, -0.1) is 0 Å². The van der Waals surface area contributed by atoms with Gasteiger partial charge in [-0.1, -0.05) is 18.7 Å². The third kappa shape index (κ3) is 6.18. The molecule has 45 heavy (non-hydrogen) atoms. The molecule has 0 saturated carbocycles. The molecule has 2 amide bonds. The summed E-state index contributed by atoms with van der Waals surface area (Å²) < 4.78 is 20.1. The first-order valence-corrected chi connectivity index (χ1v) is 15.9. The molecule has 238 valence electrons. The molecule has 0 N–H and O–H groups in total. The molecule has 2 fully saturated rings. The second kappa shape index (κ2) is 13.0. The van der Waals surface area contributed by atoms with Crippen molar-refractivity contribution in [1.29, 1.82) is 5.26 Å². The molecular formula is C33H41FN8O3. The van der Waals surface area contributed by atoms with E-state index in [2.05, 4.69) is 34.4 Å². The highest BCUT2D eigenvalue weighted by atomic mass is 19.1. The molecule has 0 radical (unpaired) electrons. The summed E-state index contributed by atoms with van der Waals surface area (Å²) in [5, 5.41) is 9.53. The molecule has 4 aliphatic rings. The van der Waals surface area contributed by atoms with E-state index in [9.17, 15) is 19.2 Å². The van der Waals surface area contributed by atoms with Crippen molar-refractivity contribution in [2.75, 3.05) is 76.3 Å². The Labute approximate surface area is 263 Å². The summed E-state index contributed by atoms with van der Waals surface area (Å²) in [6, 6.07) is 8.38. The second-order valence-corrected chi connectivity index (χ2v) is 12.5. The average molecular weight is 617 g/mol. The summed E-state index contributed by atoms with van der Waals surface area (Å²) in [4.78, 5) is 45.5. The van der Waals surface area contributed by atoms with Crippen LogP contribution in [0.2, 0.25) is 0 Å². The standard InChI is InChI=1S/C33H41FN8O3/c1-22(34)31(43)42-19-18-41(20-24(42)9-13-35)30-26-11-16-40(28-8-4-6-23-10-15-39(3)32(44)29(23)28)17-12-27(26)36-33(37-30)45-21-25-7-5-14-38(25)2/h4,6,8,24-25H,1,5,7,9-12,14-21H2,2-3H3/t24-,25-/m0/s1. The lowest BCUT2D eigenvalue weighted by molar-refractivity contribution is -0.131. The third-order valence-corrected chi connectivity index (χ3v) is 9.73. The Kier molecular flexibility index (Phi) is 8.90. The summed E-state index contributed by atoms with van der Waals surface area (Å²) in [7, 11) is 3.95. The fourth-order valence-corrected chi connectivity index (χ4v) is 7.12. The number of fused-ring (bicyclic) bond motifs is 2. The molecule has 4 aliphatic heterocycles. The normalized spacial score (nSPS) is 22.0. The van der Waals surface area contributed by atoms with Gasteiger partial charge in [-0.3, -0.25) is 9.59 Å². The number of hydrogen-bond donors (Lipinski definition) is 0. The monoisotopic (exact) mass is 616 g/mol. The van der Waals surface area contributed by atoms with Crippen LogP contribution in [0.5, 0.6) is 6.01 Å². The number of hydrogen-bond acceptors (Lipinski definition) is 9. The van der Waals surface area contributed by atoms with E-state index in [-0.39, 0.29) is 18.9 Å². The largest absolute Gasteiger partial charge is 0.462 e. The Hall–Kier alpha value is -4.24. The van der Waals surface area contributed by atoms with E-state index < -0.39 is 17.8 Å². The van der Waals surface area contributed by atoms with Crippen molar-refractivity contribution in [2.45, 2.75) is 50.6 Å². The predicted molar refractivity (Wildman–Crippen MR) is 168 cm³/mol.